The molecule has 0 saturated carbocycles. The Labute approximate surface area is 215 Å². The maximum Gasteiger partial charge on any atom is 0.436 e. The summed E-state index contributed by atoms with van der Waals surface area (Å²) in [5.41, 5.74) is 0.674. The normalized spacial score (nSPS) is 11.4. The van der Waals surface area contributed by atoms with Crippen LogP contribution in [0.25, 0.3) is 0 Å². The summed E-state index contributed by atoms with van der Waals surface area (Å²) in [4.78, 5) is 13.4. The summed E-state index contributed by atoms with van der Waals surface area (Å²) in [6.45, 7) is 4.08. The van der Waals surface area contributed by atoms with E-state index in [0.717, 1.165) is 10.4 Å². The van der Waals surface area contributed by atoms with Crippen molar-refractivity contribution in [3.8, 4) is 0 Å². The first-order chi connectivity index (χ1) is 16.6. The molecule has 3 rings (SSSR count). The number of esters is 1. The Morgan fingerprint density at radius 1 is 1.29 bits per heavy atom. The van der Waals surface area contributed by atoms with Crippen LogP contribution in [0.5, 0.6) is 0 Å². The van der Waals surface area contributed by atoms with Gasteiger partial charge < -0.3 is 15.4 Å². The van der Waals surface area contributed by atoms with Crippen LogP contribution in [-0.4, -0.2) is 34.0 Å². The van der Waals surface area contributed by atoms with Crippen molar-refractivity contribution in [1.29, 1.82) is 0 Å². The Kier molecular flexibility index (Phi) is 9.15. The molecule has 0 bridgehead atoms. The van der Waals surface area contributed by atoms with E-state index < -0.39 is 22.9 Å². The lowest BCUT2D eigenvalue weighted by molar-refractivity contribution is -0.141. The van der Waals surface area contributed by atoms with Crippen molar-refractivity contribution in [2.24, 2.45) is 0 Å². The van der Waals surface area contributed by atoms with Gasteiger partial charge in [-0.15, -0.1) is 11.3 Å². The molecule has 188 valence electrons. The lowest BCUT2D eigenvalue weighted by Gasteiger charge is -2.11. The van der Waals surface area contributed by atoms with E-state index in [-0.39, 0.29) is 24.0 Å². The van der Waals surface area contributed by atoms with Gasteiger partial charge in [-0.05, 0) is 44.1 Å². The van der Waals surface area contributed by atoms with E-state index in [1.165, 1.54) is 22.9 Å². The van der Waals surface area contributed by atoms with E-state index in [1.54, 1.807) is 13.0 Å². The number of carbonyl (C=O) groups excluding carboxylic acids is 1. The van der Waals surface area contributed by atoms with Gasteiger partial charge in [0.15, 0.2) is 10.8 Å². The number of benzene rings is 1. The molecule has 0 saturated heterocycles. The standard InChI is InChI=1S/C23H24ClF3N4O2S2/c1-3-33-21(32)17-13-16(12-15-8-5-4-6-9-15)35-20(17)29-22(34)28-10-7-11-31-14(2)18(24)19(30-31)23(25,26)27/h4-6,8-9,13H,3,7,10-12H2,1-2H3,(H2,28,29,34). The first-order valence-corrected chi connectivity index (χ1v) is 12.4. The van der Waals surface area contributed by atoms with Gasteiger partial charge in [-0.25, -0.2) is 4.79 Å². The van der Waals surface area contributed by atoms with E-state index in [9.17, 15) is 18.0 Å². The second kappa shape index (κ2) is 11.9. The van der Waals surface area contributed by atoms with Crippen LogP contribution in [0.2, 0.25) is 5.02 Å². The van der Waals surface area contributed by atoms with Gasteiger partial charge in [-0.2, -0.15) is 18.3 Å². The van der Waals surface area contributed by atoms with Crippen LogP contribution < -0.4 is 10.6 Å². The quantitative estimate of drug-likeness (QED) is 0.194. The minimum absolute atomic E-state index is 0.228. The second-order valence-corrected chi connectivity index (χ2v) is 9.46. The van der Waals surface area contributed by atoms with Gasteiger partial charge in [0.25, 0.3) is 0 Å². The molecule has 35 heavy (non-hydrogen) atoms. The van der Waals surface area contributed by atoms with Crippen molar-refractivity contribution in [1.82, 2.24) is 15.1 Å². The Hall–Kier alpha value is -2.63. The Morgan fingerprint density at radius 2 is 2.00 bits per heavy atom. The zero-order chi connectivity index (χ0) is 25.6. The fourth-order valence-corrected chi connectivity index (χ4v) is 4.88. The minimum Gasteiger partial charge on any atom is -0.462 e. The number of thiophene rings is 1. The van der Waals surface area contributed by atoms with Crippen molar-refractivity contribution >= 4 is 51.2 Å². The number of rotatable bonds is 9. The van der Waals surface area contributed by atoms with E-state index >= 15 is 0 Å². The molecule has 0 fully saturated rings. The second-order valence-electron chi connectivity index (χ2n) is 7.54. The Balaban J connectivity index is 1.59. The molecule has 0 atom stereocenters. The number of nitrogens with one attached hydrogen (secondary N) is 2. The van der Waals surface area contributed by atoms with Gasteiger partial charge in [0.05, 0.1) is 22.9 Å². The maximum atomic E-state index is 13.0. The van der Waals surface area contributed by atoms with Crippen LogP contribution in [-0.2, 0) is 23.9 Å². The number of aromatic nitrogens is 2. The molecule has 2 heterocycles. The van der Waals surface area contributed by atoms with Crippen molar-refractivity contribution in [3.05, 3.63) is 68.8 Å². The summed E-state index contributed by atoms with van der Waals surface area (Å²) in [6.07, 6.45) is -3.49. The highest BCUT2D eigenvalue weighted by atomic mass is 35.5. The molecule has 0 aliphatic heterocycles. The first-order valence-electron chi connectivity index (χ1n) is 10.8. The molecule has 0 radical (unpaired) electrons. The predicted molar refractivity (Wildman–Crippen MR) is 135 cm³/mol. The van der Waals surface area contributed by atoms with Crippen molar-refractivity contribution in [2.75, 3.05) is 18.5 Å². The monoisotopic (exact) mass is 544 g/mol. The molecule has 0 amide bonds. The third kappa shape index (κ3) is 7.18. The van der Waals surface area contributed by atoms with Crippen LogP contribution in [0.15, 0.2) is 36.4 Å². The van der Waals surface area contributed by atoms with Crippen LogP contribution >= 0.6 is 35.2 Å². The van der Waals surface area contributed by atoms with Crippen LogP contribution in [0.4, 0.5) is 18.2 Å². The average molecular weight is 545 g/mol. The summed E-state index contributed by atoms with van der Waals surface area (Å²) in [7, 11) is 0. The molecule has 12 heteroatoms. The van der Waals surface area contributed by atoms with E-state index in [0.29, 0.717) is 30.0 Å². The number of anilines is 1. The maximum absolute atomic E-state index is 13.0. The number of carbonyl (C=O) groups is 1. The highest BCUT2D eigenvalue weighted by Crippen LogP contribution is 2.35. The van der Waals surface area contributed by atoms with Gasteiger partial charge in [0, 0.05) is 24.4 Å². The number of hydrogen-bond donors (Lipinski definition) is 2. The van der Waals surface area contributed by atoms with Crippen LogP contribution in [0.3, 0.4) is 0 Å². The molecule has 3 aromatic rings. The third-order valence-corrected chi connectivity index (χ3v) is 6.71. The molecule has 6 nitrogen and oxygen atoms in total. The summed E-state index contributed by atoms with van der Waals surface area (Å²) < 4.78 is 45.3. The zero-order valence-electron chi connectivity index (χ0n) is 19.0. The largest absolute Gasteiger partial charge is 0.462 e. The van der Waals surface area contributed by atoms with Crippen molar-refractivity contribution < 1.29 is 22.7 Å². The van der Waals surface area contributed by atoms with Crippen molar-refractivity contribution in [3.63, 3.8) is 0 Å². The Bertz CT molecular complexity index is 1180. The van der Waals surface area contributed by atoms with Gasteiger partial charge in [-0.1, -0.05) is 41.9 Å². The molecule has 0 spiro atoms. The highest BCUT2D eigenvalue weighted by Gasteiger charge is 2.38. The minimum atomic E-state index is -4.60. The van der Waals surface area contributed by atoms with Gasteiger partial charge in [-0.3, -0.25) is 4.68 Å². The number of alkyl halides is 3. The number of hydrogen-bond acceptors (Lipinski definition) is 5. The molecule has 2 aromatic heterocycles. The molecule has 0 aliphatic carbocycles. The number of thiocarbonyl (C=S) groups is 1. The summed E-state index contributed by atoms with van der Waals surface area (Å²) in [5, 5.41) is 10.1. The average Bonchev–Trinajstić information content (AvgIpc) is 3.32. The molecule has 1 aromatic carbocycles. The zero-order valence-corrected chi connectivity index (χ0v) is 21.4. The summed E-state index contributed by atoms with van der Waals surface area (Å²) in [6, 6.07) is 11.7. The van der Waals surface area contributed by atoms with E-state index in [1.807, 2.05) is 30.3 Å². The fraction of sp³-hybridized carbons (Fsp3) is 0.348. The van der Waals surface area contributed by atoms with E-state index in [4.69, 9.17) is 28.6 Å². The Morgan fingerprint density at radius 3 is 2.63 bits per heavy atom. The summed E-state index contributed by atoms with van der Waals surface area (Å²) >= 11 is 12.5. The highest BCUT2D eigenvalue weighted by molar-refractivity contribution is 7.80. The molecule has 2 N–H and O–H groups in total. The number of nitrogens with zero attached hydrogens (tertiary/aromatic N) is 2. The smallest absolute Gasteiger partial charge is 0.436 e. The van der Waals surface area contributed by atoms with Crippen LogP contribution in [0, 0.1) is 6.92 Å². The molecule has 0 aliphatic rings. The number of halogens is 4. The van der Waals surface area contributed by atoms with Gasteiger partial charge >= 0.3 is 12.1 Å². The third-order valence-electron chi connectivity index (χ3n) is 4.96. The topological polar surface area (TPSA) is 68.2 Å². The van der Waals surface area contributed by atoms with Crippen molar-refractivity contribution in [2.45, 2.75) is 39.4 Å². The molecule has 0 unspecified atom stereocenters. The first kappa shape index (κ1) is 27.0. The van der Waals surface area contributed by atoms with Gasteiger partial charge in [0.2, 0.25) is 0 Å². The molecular weight excluding hydrogens is 521 g/mol. The predicted octanol–water partition coefficient (Wildman–Crippen LogP) is 6.07. The van der Waals surface area contributed by atoms with Gasteiger partial charge in [0.1, 0.15) is 5.00 Å². The lowest BCUT2D eigenvalue weighted by atomic mass is 10.1. The summed E-state index contributed by atoms with van der Waals surface area (Å²) in [5.74, 6) is -0.445. The van der Waals surface area contributed by atoms with E-state index in [2.05, 4.69) is 15.7 Å². The number of ether oxygens (including phenoxy) is 1. The molecular formula is C23H24ClF3N4O2S2. The van der Waals surface area contributed by atoms with Crippen LogP contribution in [0.1, 0.15) is 45.5 Å². The SMILES string of the molecule is CCOC(=O)c1cc(Cc2ccccc2)sc1NC(=S)NCCCn1nc(C(F)(F)F)c(Cl)c1C. The fourth-order valence-electron chi connectivity index (χ4n) is 3.28. The lowest BCUT2D eigenvalue weighted by Crippen LogP contribution is -2.30. The number of aryl methyl sites for hydroxylation is 1.